The zero-order chi connectivity index (χ0) is 15.8. The van der Waals surface area contributed by atoms with Crippen LogP contribution in [0.2, 0.25) is 0 Å². The molecule has 1 fully saturated rings. The van der Waals surface area contributed by atoms with Crippen molar-refractivity contribution in [3.63, 3.8) is 0 Å². The first-order valence-electron chi connectivity index (χ1n) is 7.85. The predicted octanol–water partition coefficient (Wildman–Crippen LogP) is 2.39. The largest absolute Gasteiger partial charge is 0.450 e. The topological polar surface area (TPSA) is 80.3 Å². The van der Waals surface area contributed by atoms with Crippen LogP contribution in [0.15, 0.2) is 18.3 Å². The molecule has 2 rings (SSSR count). The van der Waals surface area contributed by atoms with Gasteiger partial charge >= 0.3 is 6.09 Å². The highest BCUT2D eigenvalue weighted by atomic mass is 16.5. The molecule has 0 aromatic carbocycles. The van der Waals surface area contributed by atoms with Crippen molar-refractivity contribution in [2.45, 2.75) is 51.6 Å². The molecule has 0 radical (unpaired) electrons. The molecule has 22 heavy (non-hydrogen) atoms. The molecule has 120 valence electrons. The number of aromatic nitrogens is 1. The number of amides is 2. The maximum Gasteiger partial charge on any atom is 0.407 e. The molecule has 0 atom stereocenters. The highest BCUT2D eigenvalue weighted by molar-refractivity contribution is 5.94. The van der Waals surface area contributed by atoms with Crippen molar-refractivity contribution >= 4 is 12.0 Å². The Bertz CT molecular complexity index is 513. The summed E-state index contributed by atoms with van der Waals surface area (Å²) in [4.78, 5) is 27.7. The molecular formula is C16H23N3O3. The molecule has 1 saturated carbocycles. The number of rotatable bonds is 5. The lowest BCUT2D eigenvalue weighted by molar-refractivity contribution is 0.0927. The van der Waals surface area contributed by atoms with Gasteiger partial charge in [0.2, 0.25) is 0 Å². The van der Waals surface area contributed by atoms with Gasteiger partial charge < -0.3 is 15.4 Å². The highest BCUT2D eigenvalue weighted by Gasteiger charge is 2.17. The van der Waals surface area contributed by atoms with Crippen LogP contribution < -0.4 is 10.6 Å². The Hall–Kier alpha value is -2.11. The van der Waals surface area contributed by atoms with Crippen molar-refractivity contribution in [2.24, 2.45) is 0 Å². The Morgan fingerprint density at radius 1 is 1.32 bits per heavy atom. The van der Waals surface area contributed by atoms with Gasteiger partial charge in [0.1, 0.15) is 0 Å². The van der Waals surface area contributed by atoms with Crippen LogP contribution in [0, 0.1) is 0 Å². The van der Waals surface area contributed by atoms with Crippen molar-refractivity contribution in [1.82, 2.24) is 15.6 Å². The number of carbonyl (C=O) groups excluding carboxylic acids is 2. The predicted molar refractivity (Wildman–Crippen MR) is 82.4 cm³/mol. The van der Waals surface area contributed by atoms with Crippen molar-refractivity contribution in [2.75, 3.05) is 6.61 Å². The summed E-state index contributed by atoms with van der Waals surface area (Å²) in [6, 6.07) is 3.66. The molecule has 2 N–H and O–H groups in total. The molecule has 0 unspecified atom stereocenters. The van der Waals surface area contributed by atoms with E-state index in [1.165, 1.54) is 19.3 Å². The molecule has 6 nitrogen and oxygen atoms in total. The number of hydrogen-bond donors (Lipinski definition) is 2. The van der Waals surface area contributed by atoms with E-state index in [0.717, 1.165) is 12.8 Å². The van der Waals surface area contributed by atoms with Crippen molar-refractivity contribution in [3.05, 3.63) is 29.6 Å². The zero-order valence-corrected chi connectivity index (χ0v) is 12.9. The third-order valence-corrected chi connectivity index (χ3v) is 3.71. The lowest BCUT2D eigenvalue weighted by atomic mass is 9.95. The Balaban J connectivity index is 1.89. The number of pyridine rings is 1. The van der Waals surface area contributed by atoms with E-state index < -0.39 is 6.09 Å². The van der Waals surface area contributed by atoms with Gasteiger partial charge in [0.25, 0.3) is 5.91 Å². The third-order valence-electron chi connectivity index (χ3n) is 3.71. The van der Waals surface area contributed by atoms with Gasteiger partial charge in [0.05, 0.1) is 18.8 Å². The summed E-state index contributed by atoms with van der Waals surface area (Å²) in [6.45, 7) is 2.31. The SMILES string of the molecule is CCOC(=O)NCc1cc(C(=O)NC2CCCCC2)ccn1. The maximum atomic E-state index is 12.3. The smallest absolute Gasteiger partial charge is 0.407 e. The second-order valence-electron chi connectivity index (χ2n) is 5.42. The first kappa shape index (κ1) is 16.3. The van der Waals surface area contributed by atoms with Crippen LogP contribution in [-0.4, -0.2) is 29.6 Å². The summed E-state index contributed by atoms with van der Waals surface area (Å²) in [7, 11) is 0. The van der Waals surface area contributed by atoms with E-state index in [-0.39, 0.29) is 18.5 Å². The van der Waals surface area contributed by atoms with Crippen LogP contribution in [0.5, 0.6) is 0 Å². The lowest BCUT2D eigenvalue weighted by Crippen LogP contribution is -2.36. The summed E-state index contributed by atoms with van der Waals surface area (Å²) in [5, 5.41) is 5.66. The molecule has 2 amide bonds. The molecular weight excluding hydrogens is 282 g/mol. The summed E-state index contributed by atoms with van der Waals surface area (Å²) < 4.78 is 4.78. The Morgan fingerprint density at radius 3 is 2.82 bits per heavy atom. The van der Waals surface area contributed by atoms with E-state index in [9.17, 15) is 9.59 Å². The molecule has 0 spiro atoms. The number of nitrogens with zero attached hydrogens (tertiary/aromatic N) is 1. The van der Waals surface area contributed by atoms with E-state index in [1.54, 1.807) is 25.3 Å². The fourth-order valence-corrected chi connectivity index (χ4v) is 2.58. The summed E-state index contributed by atoms with van der Waals surface area (Å²) in [5.41, 5.74) is 1.20. The molecule has 0 bridgehead atoms. The van der Waals surface area contributed by atoms with Gasteiger partial charge in [-0.05, 0) is 31.9 Å². The quantitative estimate of drug-likeness (QED) is 0.875. The fraction of sp³-hybridized carbons (Fsp3) is 0.562. The van der Waals surface area contributed by atoms with Gasteiger partial charge in [-0.1, -0.05) is 19.3 Å². The average Bonchev–Trinajstić information content (AvgIpc) is 2.54. The minimum absolute atomic E-state index is 0.0771. The Kier molecular flexibility index (Phi) is 6.18. The Labute approximate surface area is 130 Å². The first-order chi connectivity index (χ1) is 10.7. The minimum atomic E-state index is -0.485. The average molecular weight is 305 g/mol. The van der Waals surface area contributed by atoms with E-state index in [2.05, 4.69) is 15.6 Å². The number of ether oxygens (including phenoxy) is 1. The van der Waals surface area contributed by atoms with Crippen LogP contribution in [-0.2, 0) is 11.3 Å². The third kappa shape index (κ3) is 5.02. The molecule has 1 aliphatic rings. The van der Waals surface area contributed by atoms with E-state index >= 15 is 0 Å². The minimum Gasteiger partial charge on any atom is -0.450 e. The van der Waals surface area contributed by atoms with Crippen molar-refractivity contribution in [1.29, 1.82) is 0 Å². The van der Waals surface area contributed by atoms with Gasteiger partial charge in [-0.25, -0.2) is 4.79 Å². The van der Waals surface area contributed by atoms with Gasteiger partial charge in [-0.15, -0.1) is 0 Å². The summed E-state index contributed by atoms with van der Waals surface area (Å²) >= 11 is 0. The second-order valence-corrected chi connectivity index (χ2v) is 5.42. The van der Waals surface area contributed by atoms with Crippen LogP contribution in [0.25, 0.3) is 0 Å². The van der Waals surface area contributed by atoms with Crippen molar-refractivity contribution < 1.29 is 14.3 Å². The van der Waals surface area contributed by atoms with Crippen molar-refractivity contribution in [3.8, 4) is 0 Å². The number of carbonyl (C=O) groups is 2. The van der Waals surface area contributed by atoms with Gasteiger partial charge in [0, 0.05) is 17.8 Å². The zero-order valence-electron chi connectivity index (χ0n) is 12.9. The molecule has 0 aliphatic heterocycles. The first-order valence-corrected chi connectivity index (χ1v) is 7.85. The lowest BCUT2D eigenvalue weighted by Gasteiger charge is -2.22. The van der Waals surface area contributed by atoms with Crippen LogP contribution in [0.3, 0.4) is 0 Å². The number of nitrogens with one attached hydrogen (secondary N) is 2. The van der Waals surface area contributed by atoms with E-state index in [4.69, 9.17) is 4.74 Å². The molecule has 1 aromatic rings. The number of alkyl carbamates (subject to hydrolysis) is 1. The van der Waals surface area contributed by atoms with Crippen LogP contribution in [0.1, 0.15) is 55.1 Å². The summed E-state index contributed by atoms with van der Waals surface area (Å²) in [5.74, 6) is -0.0771. The van der Waals surface area contributed by atoms with Crippen LogP contribution in [0.4, 0.5) is 4.79 Å². The maximum absolute atomic E-state index is 12.3. The highest BCUT2D eigenvalue weighted by Crippen LogP contribution is 2.17. The Morgan fingerprint density at radius 2 is 2.09 bits per heavy atom. The standard InChI is InChI=1S/C16H23N3O3/c1-2-22-16(21)18-11-14-10-12(8-9-17-14)15(20)19-13-6-4-3-5-7-13/h8-10,13H,2-7,11H2,1H3,(H,18,21)(H,19,20). The van der Waals surface area contributed by atoms with Gasteiger partial charge in [-0.3, -0.25) is 9.78 Å². The second kappa shape index (κ2) is 8.36. The molecule has 1 aliphatic carbocycles. The monoisotopic (exact) mass is 305 g/mol. The normalized spacial score (nSPS) is 15.1. The van der Waals surface area contributed by atoms with Gasteiger partial charge in [-0.2, -0.15) is 0 Å². The molecule has 0 saturated heterocycles. The summed E-state index contributed by atoms with van der Waals surface area (Å²) in [6.07, 6.45) is 6.80. The molecule has 1 heterocycles. The van der Waals surface area contributed by atoms with E-state index in [0.29, 0.717) is 17.9 Å². The van der Waals surface area contributed by atoms with Gasteiger partial charge in [0.15, 0.2) is 0 Å². The van der Waals surface area contributed by atoms with E-state index in [1.807, 2.05) is 0 Å². The molecule has 1 aromatic heterocycles. The molecule has 6 heteroatoms. The fourth-order valence-electron chi connectivity index (χ4n) is 2.58. The van der Waals surface area contributed by atoms with Crippen LogP contribution >= 0.6 is 0 Å². The number of hydrogen-bond acceptors (Lipinski definition) is 4.